The Morgan fingerprint density at radius 1 is 1.32 bits per heavy atom. The van der Waals surface area contributed by atoms with Crippen LogP contribution in [0.1, 0.15) is 43.6 Å². The monoisotopic (exact) mass is 410 g/mol. The van der Waals surface area contributed by atoms with E-state index >= 15 is 0 Å². The number of pyridine rings is 1. The molecule has 0 saturated carbocycles. The van der Waals surface area contributed by atoms with Crippen molar-refractivity contribution in [1.82, 2.24) is 10.3 Å². The summed E-state index contributed by atoms with van der Waals surface area (Å²) in [6.07, 6.45) is -0.205. The molecular weight excluding hydrogens is 387 g/mol. The van der Waals surface area contributed by atoms with Gasteiger partial charge in [-0.05, 0) is 44.0 Å². The van der Waals surface area contributed by atoms with Gasteiger partial charge in [0.1, 0.15) is 23.6 Å². The molecule has 0 saturated heterocycles. The Bertz CT molecular complexity index is 809. The highest BCUT2D eigenvalue weighted by Crippen LogP contribution is 2.22. The summed E-state index contributed by atoms with van der Waals surface area (Å²) in [4.78, 5) is 16.3. The van der Waals surface area contributed by atoms with E-state index in [2.05, 4.69) is 10.3 Å². The van der Waals surface area contributed by atoms with E-state index in [-0.39, 0.29) is 11.4 Å². The molecule has 0 fully saturated rings. The second kappa shape index (κ2) is 9.32. The zero-order valence-electron chi connectivity index (χ0n) is 15.9. The molecule has 1 heterocycles. The van der Waals surface area contributed by atoms with Gasteiger partial charge in [0.05, 0.1) is 17.3 Å². The van der Waals surface area contributed by atoms with E-state index in [1.807, 2.05) is 0 Å². The number of benzene rings is 1. The van der Waals surface area contributed by atoms with Crippen LogP contribution in [0.5, 0.6) is 0 Å². The lowest BCUT2D eigenvalue weighted by Crippen LogP contribution is -2.41. The molecule has 0 aliphatic carbocycles. The van der Waals surface area contributed by atoms with Crippen molar-refractivity contribution in [3.63, 3.8) is 0 Å². The average Bonchev–Trinajstić information content (AvgIpc) is 2.62. The first-order valence-corrected chi connectivity index (χ1v) is 9.14. The van der Waals surface area contributed by atoms with Crippen LogP contribution in [0.25, 0.3) is 0 Å². The second-order valence-corrected chi connectivity index (χ2v) is 7.76. The van der Waals surface area contributed by atoms with E-state index in [0.717, 1.165) is 5.56 Å². The number of aliphatic hydroxyl groups excluding tert-OH is 2. The summed E-state index contributed by atoms with van der Waals surface area (Å²) in [6, 6.07) is 7.12. The van der Waals surface area contributed by atoms with Gasteiger partial charge in [0.25, 0.3) is 0 Å². The van der Waals surface area contributed by atoms with E-state index in [4.69, 9.17) is 16.3 Å². The van der Waals surface area contributed by atoms with Gasteiger partial charge in [0, 0.05) is 12.6 Å². The fraction of sp³-hybridized carbons (Fsp3) is 0.400. The van der Waals surface area contributed by atoms with Crippen LogP contribution in [0.2, 0.25) is 5.02 Å². The van der Waals surface area contributed by atoms with Crippen molar-refractivity contribution in [2.24, 2.45) is 0 Å². The van der Waals surface area contributed by atoms with Crippen molar-refractivity contribution in [2.75, 3.05) is 6.61 Å². The Morgan fingerprint density at radius 3 is 2.61 bits per heavy atom. The molecule has 28 heavy (non-hydrogen) atoms. The minimum absolute atomic E-state index is 0.0507. The molecule has 1 aromatic heterocycles. The van der Waals surface area contributed by atoms with E-state index in [0.29, 0.717) is 11.3 Å². The molecule has 0 aliphatic rings. The van der Waals surface area contributed by atoms with Crippen LogP contribution < -0.4 is 5.32 Å². The predicted molar refractivity (Wildman–Crippen MR) is 104 cm³/mol. The number of nitrogens with zero attached hydrogens (tertiary/aromatic N) is 1. The molecule has 6 nitrogen and oxygen atoms in total. The number of amides is 1. The standard InChI is InChI=1S/C20H24ClFN2O4/c1-20(2,3)28-19(27)24-18(16(26)11-25)15-8-7-12(10-23-15)9-13-5-4-6-14(21)17(13)22/h4-8,10,16,18,25-26H,9,11H2,1-3H3,(H,24,27)/t16-,18?/m1/s1. The van der Waals surface area contributed by atoms with Crippen molar-refractivity contribution in [3.05, 3.63) is 64.2 Å². The van der Waals surface area contributed by atoms with Crippen molar-refractivity contribution in [2.45, 2.75) is 44.9 Å². The van der Waals surface area contributed by atoms with Gasteiger partial charge in [-0.25, -0.2) is 9.18 Å². The third kappa shape index (κ3) is 6.15. The summed E-state index contributed by atoms with van der Waals surface area (Å²) in [5, 5.41) is 21.9. The molecule has 1 unspecified atom stereocenters. The first-order chi connectivity index (χ1) is 13.1. The van der Waals surface area contributed by atoms with Crippen molar-refractivity contribution >= 4 is 17.7 Å². The van der Waals surface area contributed by atoms with Crippen LogP contribution in [0, 0.1) is 5.82 Å². The first-order valence-electron chi connectivity index (χ1n) is 8.77. The van der Waals surface area contributed by atoms with Gasteiger partial charge in [0.2, 0.25) is 0 Å². The summed E-state index contributed by atoms with van der Waals surface area (Å²) in [7, 11) is 0. The zero-order valence-corrected chi connectivity index (χ0v) is 16.7. The fourth-order valence-corrected chi connectivity index (χ4v) is 2.73. The molecule has 152 valence electrons. The number of carbonyl (C=O) groups excluding carboxylic acids is 1. The van der Waals surface area contributed by atoms with Gasteiger partial charge in [0.15, 0.2) is 0 Å². The van der Waals surface area contributed by atoms with Gasteiger partial charge in [-0.3, -0.25) is 4.98 Å². The maximum atomic E-state index is 14.1. The maximum Gasteiger partial charge on any atom is 0.408 e. The highest BCUT2D eigenvalue weighted by Gasteiger charge is 2.26. The Kier molecular flexibility index (Phi) is 7.35. The van der Waals surface area contributed by atoms with Crippen LogP contribution in [0.4, 0.5) is 9.18 Å². The third-order valence-corrected chi connectivity index (χ3v) is 4.13. The molecule has 0 radical (unpaired) electrons. The average molecular weight is 411 g/mol. The molecular formula is C20H24ClFN2O4. The lowest BCUT2D eigenvalue weighted by molar-refractivity contribution is 0.0309. The number of ether oxygens (including phenoxy) is 1. The number of aromatic nitrogens is 1. The summed E-state index contributed by atoms with van der Waals surface area (Å²) < 4.78 is 19.2. The highest BCUT2D eigenvalue weighted by atomic mass is 35.5. The lowest BCUT2D eigenvalue weighted by Gasteiger charge is -2.25. The second-order valence-electron chi connectivity index (χ2n) is 7.35. The molecule has 0 bridgehead atoms. The summed E-state index contributed by atoms with van der Waals surface area (Å²) in [5.74, 6) is -0.478. The van der Waals surface area contributed by atoms with Gasteiger partial charge in [-0.1, -0.05) is 29.8 Å². The summed E-state index contributed by atoms with van der Waals surface area (Å²) >= 11 is 5.80. The number of alkyl carbamates (subject to hydrolysis) is 1. The summed E-state index contributed by atoms with van der Waals surface area (Å²) in [6.45, 7) is 4.57. The fourth-order valence-electron chi connectivity index (χ4n) is 2.54. The first kappa shape index (κ1) is 22.1. The number of aliphatic hydroxyl groups is 2. The smallest absolute Gasteiger partial charge is 0.408 e. The largest absolute Gasteiger partial charge is 0.444 e. The molecule has 2 aromatic rings. The minimum Gasteiger partial charge on any atom is -0.444 e. The third-order valence-electron chi connectivity index (χ3n) is 3.84. The Hall–Kier alpha value is -2.22. The predicted octanol–water partition coefficient (Wildman–Crippen LogP) is 3.38. The van der Waals surface area contributed by atoms with Crippen LogP contribution in [0.3, 0.4) is 0 Å². The zero-order chi connectivity index (χ0) is 20.9. The van der Waals surface area contributed by atoms with Gasteiger partial charge in [-0.2, -0.15) is 0 Å². The van der Waals surface area contributed by atoms with E-state index in [1.54, 1.807) is 45.0 Å². The Balaban J connectivity index is 2.16. The molecule has 8 heteroatoms. The lowest BCUT2D eigenvalue weighted by atomic mass is 10.0. The summed E-state index contributed by atoms with van der Waals surface area (Å²) in [5.41, 5.74) is 0.778. The number of rotatable bonds is 6. The van der Waals surface area contributed by atoms with Crippen molar-refractivity contribution < 1.29 is 24.1 Å². The number of hydrogen-bond acceptors (Lipinski definition) is 5. The Morgan fingerprint density at radius 2 is 2.04 bits per heavy atom. The molecule has 1 amide bonds. The quantitative estimate of drug-likeness (QED) is 0.679. The normalized spacial score (nSPS) is 13.7. The number of halogens is 2. The van der Waals surface area contributed by atoms with Gasteiger partial charge >= 0.3 is 6.09 Å². The van der Waals surface area contributed by atoms with Crippen LogP contribution >= 0.6 is 11.6 Å². The van der Waals surface area contributed by atoms with Crippen molar-refractivity contribution in [3.8, 4) is 0 Å². The van der Waals surface area contributed by atoms with E-state index < -0.39 is 36.3 Å². The maximum absolute atomic E-state index is 14.1. The topological polar surface area (TPSA) is 91.7 Å². The van der Waals surface area contributed by atoms with Crippen LogP contribution in [-0.2, 0) is 11.2 Å². The number of hydrogen-bond donors (Lipinski definition) is 3. The molecule has 2 rings (SSSR count). The number of carbonyl (C=O) groups is 1. The van der Waals surface area contributed by atoms with Gasteiger partial charge in [-0.15, -0.1) is 0 Å². The molecule has 0 aliphatic heterocycles. The minimum atomic E-state index is -1.27. The van der Waals surface area contributed by atoms with Crippen LogP contribution in [0.15, 0.2) is 36.5 Å². The van der Waals surface area contributed by atoms with Crippen molar-refractivity contribution in [1.29, 1.82) is 0 Å². The highest BCUT2D eigenvalue weighted by molar-refractivity contribution is 6.30. The van der Waals surface area contributed by atoms with E-state index in [9.17, 15) is 19.4 Å². The van der Waals surface area contributed by atoms with Gasteiger partial charge < -0.3 is 20.3 Å². The molecule has 0 spiro atoms. The molecule has 3 N–H and O–H groups in total. The Labute approximate surface area is 168 Å². The SMILES string of the molecule is CC(C)(C)OC(=O)NC(c1ccc(Cc2cccc(Cl)c2F)cn1)[C@H](O)CO. The van der Waals surface area contributed by atoms with Crippen LogP contribution in [-0.4, -0.2) is 39.6 Å². The number of nitrogens with one attached hydrogen (secondary N) is 1. The van der Waals surface area contributed by atoms with E-state index in [1.165, 1.54) is 12.3 Å². The molecule has 1 aromatic carbocycles. The molecule has 2 atom stereocenters.